The molecule has 2 nitrogen and oxygen atoms in total. The van der Waals surface area contributed by atoms with Gasteiger partial charge in [0.25, 0.3) is 0 Å². The Balaban J connectivity index is 2.28. The van der Waals surface area contributed by atoms with Crippen molar-refractivity contribution in [2.45, 2.75) is 25.2 Å². The second kappa shape index (κ2) is 5.61. The van der Waals surface area contributed by atoms with E-state index in [0.29, 0.717) is 0 Å². The maximum absolute atomic E-state index is 14.0. The first-order valence-electron chi connectivity index (χ1n) is 6.32. The van der Waals surface area contributed by atoms with Gasteiger partial charge in [-0.15, -0.1) is 0 Å². The van der Waals surface area contributed by atoms with E-state index in [2.05, 4.69) is 12.2 Å². The van der Waals surface area contributed by atoms with E-state index in [9.17, 15) is 4.39 Å². The Bertz CT molecular complexity index is 361. The van der Waals surface area contributed by atoms with Crippen LogP contribution in [0.25, 0.3) is 0 Å². The van der Waals surface area contributed by atoms with Crippen LogP contribution < -0.4 is 5.32 Å². The van der Waals surface area contributed by atoms with Crippen LogP contribution in [0.1, 0.15) is 25.3 Å². The summed E-state index contributed by atoms with van der Waals surface area (Å²) in [6, 6.07) is 7.14. The van der Waals surface area contributed by atoms with Gasteiger partial charge in [0.05, 0.1) is 0 Å². The Hall–Kier alpha value is -0.930. The molecule has 1 N–H and O–H groups in total. The highest BCUT2D eigenvalue weighted by Crippen LogP contribution is 2.35. The van der Waals surface area contributed by atoms with Gasteiger partial charge in [-0.2, -0.15) is 0 Å². The molecule has 94 valence electrons. The first-order chi connectivity index (χ1) is 8.28. The summed E-state index contributed by atoms with van der Waals surface area (Å²) in [6.07, 6.45) is 1.78. The van der Waals surface area contributed by atoms with E-state index in [-0.39, 0.29) is 11.2 Å². The van der Waals surface area contributed by atoms with Crippen molar-refractivity contribution < 1.29 is 9.13 Å². The van der Waals surface area contributed by atoms with Crippen molar-refractivity contribution in [2.24, 2.45) is 0 Å². The highest BCUT2D eigenvalue weighted by Gasteiger charge is 2.35. The van der Waals surface area contributed by atoms with Crippen molar-refractivity contribution >= 4 is 0 Å². The smallest absolute Gasteiger partial charge is 0.127 e. The van der Waals surface area contributed by atoms with E-state index in [1.165, 1.54) is 0 Å². The average Bonchev–Trinajstić information content (AvgIpc) is 2.38. The zero-order valence-electron chi connectivity index (χ0n) is 10.3. The summed E-state index contributed by atoms with van der Waals surface area (Å²) < 4.78 is 19.4. The van der Waals surface area contributed by atoms with E-state index in [1.807, 2.05) is 12.1 Å². The van der Waals surface area contributed by atoms with Crippen LogP contribution in [0.4, 0.5) is 4.39 Å². The average molecular weight is 237 g/mol. The first kappa shape index (κ1) is 12.5. The predicted octanol–water partition coefficient (Wildman–Crippen LogP) is 2.48. The molecule has 1 aliphatic heterocycles. The third-order valence-corrected chi connectivity index (χ3v) is 3.61. The number of benzene rings is 1. The van der Waals surface area contributed by atoms with Crippen LogP contribution >= 0.6 is 0 Å². The zero-order valence-corrected chi connectivity index (χ0v) is 10.3. The van der Waals surface area contributed by atoms with Crippen LogP contribution in [0.3, 0.4) is 0 Å². The Morgan fingerprint density at radius 1 is 1.29 bits per heavy atom. The van der Waals surface area contributed by atoms with E-state index in [4.69, 9.17) is 4.74 Å². The molecule has 2 rings (SSSR count). The fraction of sp³-hybridized carbons (Fsp3) is 0.571. The molecule has 1 aromatic rings. The number of nitrogens with one attached hydrogen (secondary N) is 1. The van der Waals surface area contributed by atoms with Crippen LogP contribution in [0.15, 0.2) is 24.3 Å². The van der Waals surface area contributed by atoms with E-state index in [0.717, 1.165) is 44.7 Å². The lowest BCUT2D eigenvalue weighted by atomic mass is 9.74. The van der Waals surface area contributed by atoms with Crippen molar-refractivity contribution in [3.63, 3.8) is 0 Å². The van der Waals surface area contributed by atoms with Crippen LogP contribution in [0.2, 0.25) is 0 Å². The molecular weight excluding hydrogens is 217 g/mol. The molecule has 0 aromatic heterocycles. The fourth-order valence-electron chi connectivity index (χ4n) is 2.56. The summed E-state index contributed by atoms with van der Waals surface area (Å²) in [7, 11) is 0. The molecule has 0 saturated carbocycles. The molecular formula is C14H20FNO. The standard InChI is InChI=1S/C14H20FNO/c1-2-16-11-14(7-9-17-10-8-14)12-5-3-4-6-13(12)15/h3-6,16H,2,7-11H2,1H3. The molecule has 1 aromatic carbocycles. The zero-order chi connectivity index (χ0) is 12.1. The molecule has 0 spiro atoms. The molecule has 3 heteroatoms. The van der Waals surface area contributed by atoms with Crippen LogP contribution in [0.5, 0.6) is 0 Å². The van der Waals surface area contributed by atoms with E-state index < -0.39 is 0 Å². The number of ether oxygens (including phenoxy) is 1. The summed E-state index contributed by atoms with van der Waals surface area (Å²) in [5.74, 6) is -0.0905. The lowest BCUT2D eigenvalue weighted by Crippen LogP contribution is -2.43. The maximum atomic E-state index is 14.0. The number of rotatable bonds is 4. The summed E-state index contributed by atoms with van der Waals surface area (Å²) >= 11 is 0. The van der Waals surface area contributed by atoms with Gasteiger partial charge in [0.1, 0.15) is 5.82 Å². The summed E-state index contributed by atoms with van der Waals surface area (Å²) in [4.78, 5) is 0. The Labute approximate surface area is 102 Å². The van der Waals surface area contributed by atoms with Crippen molar-refractivity contribution in [3.05, 3.63) is 35.6 Å². The topological polar surface area (TPSA) is 21.3 Å². The van der Waals surface area contributed by atoms with Crippen molar-refractivity contribution in [1.29, 1.82) is 0 Å². The molecule has 0 aliphatic carbocycles. The highest BCUT2D eigenvalue weighted by molar-refractivity contribution is 5.28. The van der Waals surface area contributed by atoms with Crippen molar-refractivity contribution in [1.82, 2.24) is 5.32 Å². The first-order valence-corrected chi connectivity index (χ1v) is 6.32. The van der Waals surface area contributed by atoms with Crippen molar-refractivity contribution in [2.75, 3.05) is 26.3 Å². The molecule has 1 fully saturated rings. The molecule has 0 atom stereocenters. The lowest BCUT2D eigenvalue weighted by Gasteiger charge is -2.38. The van der Waals surface area contributed by atoms with Crippen molar-refractivity contribution in [3.8, 4) is 0 Å². The molecule has 1 aliphatic rings. The number of halogens is 1. The van der Waals surface area contributed by atoms with E-state index in [1.54, 1.807) is 12.1 Å². The number of hydrogen-bond donors (Lipinski definition) is 1. The molecule has 17 heavy (non-hydrogen) atoms. The van der Waals surface area contributed by atoms with Gasteiger partial charge in [-0.3, -0.25) is 0 Å². The van der Waals surface area contributed by atoms with Gasteiger partial charge in [0.15, 0.2) is 0 Å². The molecule has 0 amide bonds. The second-order valence-corrected chi connectivity index (χ2v) is 4.65. The van der Waals surface area contributed by atoms with Gasteiger partial charge in [0, 0.05) is 25.2 Å². The minimum Gasteiger partial charge on any atom is -0.381 e. The van der Waals surface area contributed by atoms with Gasteiger partial charge in [-0.25, -0.2) is 4.39 Å². The van der Waals surface area contributed by atoms with E-state index >= 15 is 0 Å². The molecule has 0 radical (unpaired) electrons. The second-order valence-electron chi connectivity index (χ2n) is 4.65. The molecule has 1 saturated heterocycles. The Kier molecular flexibility index (Phi) is 4.13. The number of hydrogen-bond acceptors (Lipinski definition) is 2. The molecule has 0 unspecified atom stereocenters. The quantitative estimate of drug-likeness (QED) is 0.868. The maximum Gasteiger partial charge on any atom is 0.127 e. The summed E-state index contributed by atoms with van der Waals surface area (Å²) in [6.45, 7) is 5.26. The van der Waals surface area contributed by atoms with Crippen LogP contribution in [-0.4, -0.2) is 26.3 Å². The van der Waals surface area contributed by atoms with Crippen LogP contribution in [0, 0.1) is 5.82 Å². The van der Waals surface area contributed by atoms with Gasteiger partial charge >= 0.3 is 0 Å². The van der Waals surface area contributed by atoms with Gasteiger partial charge in [-0.1, -0.05) is 25.1 Å². The molecule has 1 heterocycles. The minimum atomic E-state index is -0.0976. The normalized spacial score (nSPS) is 19.2. The monoisotopic (exact) mass is 237 g/mol. The SMILES string of the molecule is CCNCC1(c2ccccc2F)CCOCC1. The summed E-state index contributed by atoms with van der Waals surface area (Å²) in [5, 5.41) is 3.36. The Morgan fingerprint density at radius 3 is 2.65 bits per heavy atom. The van der Waals surface area contributed by atoms with Gasteiger partial charge in [-0.05, 0) is 31.0 Å². The highest BCUT2D eigenvalue weighted by atomic mass is 19.1. The van der Waals surface area contributed by atoms with Gasteiger partial charge < -0.3 is 10.1 Å². The predicted molar refractivity (Wildman–Crippen MR) is 66.7 cm³/mol. The minimum absolute atomic E-state index is 0.0905. The summed E-state index contributed by atoms with van der Waals surface area (Å²) in [5.41, 5.74) is 0.740. The largest absolute Gasteiger partial charge is 0.381 e. The third-order valence-electron chi connectivity index (χ3n) is 3.61. The fourth-order valence-corrected chi connectivity index (χ4v) is 2.56. The number of likely N-dealkylation sites (N-methyl/N-ethyl adjacent to an activating group) is 1. The Morgan fingerprint density at radius 2 is 2.00 bits per heavy atom. The third kappa shape index (κ3) is 2.67. The molecule has 0 bridgehead atoms. The van der Waals surface area contributed by atoms with Crippen LogP contribution in [-0.2, 0) is 10.2 Å². The van der Waals surface area contributed by atoms with Gasteiger partial charge in [0.2, 0.25) is 0 Å². The lowest BCUT2D eigenvalue weighted by molar-refractivity contribution is 0.0488.